The Morgan fingerprint density at radius 1 is 1.43 bits per heavy atom. The van der Waals surface area contributed by atoms with Crippen molar-refractivity contribution in [1.82, 2.24) is 10.2 Å². The molecule has 1 aliphatic rings. The predicted molar refractivity (Wildman–Crippen MR) is 62.6 cm³/mol. The maximum absolute atomic E-state index is 3.22. The van der Waals surface area contributed by atoms with Gasteiger partial charge < -0.3 is 5.32 Å². The molecule has 1 N–H and O–H groups in total. The van der Waals surface area contributed by atoms with Crippen molar-refractivity contribution in [3.63, 3.8) is 0 Å². The molecule has 0 amide bonds. The lowest BCUT2D eigenvalue weighted by molar-refractivity contribution is 0.188. The third-order valence-corrected chi connectivity index (χ3v) is 3.45. The van der Waals surface area contributed by atoms with Crippen molar-refractivity contribution in [1.29, 1.82) is 0 Å². The summed E-state index contributed by atoms with van der Waals surface area (Å²) >= 11 is 0. The quantitative estimate of drug-likeness (QED) is 0.681. The summed E-state index contributed by atoms with van der Waals surface area (Å²) in [5.41, 5.74) is 0. The summed E-state index contributed by atoms with van der Waals surface area (Å²) in [7, 11) is 2.03. The molecule has 14 heavy (non-hydrogen) atoms. The van der Waals surface area contributed by atoms with Gasteiger partial charge in [0.25, 0.3) is 0 Å². The number of hydrogen-bond donors (Lipinski definition) is 1. The largest absolute Gasteiger partial charge is 0.320 e. The number of rotatable bonds is 5. The Bertz CT molecular complexity index is 158. The molecule has 84 valence electrons. The monoisotopic (exact) mass is 198 g/mol. The summed E-state index contributed by atoms with van der Waals surface area (Å²) in [5, 5.41) is 3.22. The van der Waals surface area contributed by atoms with E-state index in [2.05, 4.69) is 31.0 Å². The Balaban J connectivity index is 2.26. The van der Waals surface area contributed by atoms with Crippen LogP contribution in [-0.2, 0) is 0 Å². The van der Waals surface area contributed by atoms with Crippen LogP contribution in [0.2, 0.25) is 0 Å². The van der Waals surface area contributed by atoms with Crippen molar-refractivity contribution >= 4 is 0 Å². The minimum absolute atomic E-state index is 0.767. The van der Waals surface area contributed by atoms with Gasteiger partial charge in [-0.3, -0.25) is 4.90 Å². The fraction of sp³-hybridized carbons (Fsp3) is 1.00. The van der Waals surface area contributed by atoms with Gasteiger partial charge in [0, 0.05) is 18.6 Å². The molecule has 2 nitrogen and oxygen atoms in total. The third-order valence-electron chi connectivity index (χ3n) is 3.45. The molecule has 0 saturated carbocycles. The Labute approximate surface area is 89.1 Å². The van der Waals surface area contributed by atoms with Gasteiger partial charge in [0.15, 0.2) is 0 Å². The van der Waals surface area contributed by atoms with Crippen LogP contribution in [-0.4, -0.2) is 37.1 Å². The highest BCUT2D eigenvalue weighted by Gasteiger charge is 2.28. The van der Waals surface area contributed by atoms with Gasteiger partial charge >= 0.3 is 0 Å². The molecule has 3 unspecified atom stereocenters. The fourth-order valence-corrected chi connectivity index (χ4v) is 2.69. The summed E-state index contributed by atoms with van der Waals surface area (Å²) < 4.78 is 0. The van der Waals surface area contributed by atoms with E-state index in [0.717, 1.165) is 24.5 Å². The lowest BCUT2D eigenvalue weighted by atomic mass is 10.1. The van der Waals surface area contributed by atoms with E-state index < -0.39 is 0 Å². The van der Waals surface area contributed by atoms with E-state index in [9.17, 15) is 0 Å². The second kappa shape index (κ2) is 5.72. The lowest BCUT2D eigenvalue weighted by Crippen LogP contribution is -2.36. The molecule has 0 aromatic rings. The average molecular weight is 198 g/mol. The molecule has 0 aromatic heterocycles. The van der Waals surface area contributed by atoms with Gasteiger partial charge in [-0.15, -0.1) is 0 Å². The number of hydrogen-bond acceptors (Lipinski definition) is 2. The molecule has 0 spiro atoms. The van der Waals surface area contributed by atoms with E-state index in [1.165, 1.54) is 25.8 Å². The van der Waals surface area contributed by atoms with Crippen molar-refractivity contribution in [3.8, 4) is 0 Å². The predicted octanol–water partition coefficient (Wildman–Crippen LogP) is 2.10. The van der Waals surface area contributed by atoms with Gasteiger partial charge in [0.1, 0.15) is 0 Å². The Morgan fingerprint density at radius 3 is 2.64 bits per heavy atom. The summed E-state index contributed by atoms with van der Waals surface area (Å²) in [6, 6.07) is 1.57. The minimum Gasteiger partial charge on any atom is -0.320 e. The first kappa shape index (κ1) is 12.0. The SMILES string of the molecule is CNCCCC(C)N1CC(C)CC1C. The molecule has 0 bridgehead atoms. The third kappa shape index (κ3) is 3.25. The average Bonchev–Trinajstić information content (AvgIpc) is 2.45. The van der Waals surface area contributed by atoms with E-state index in [4.69, 9.17) is 0 Å². The van der Waals surface area contributed by atoms with E-state index in [0.29, 0.717) is 0 Å². The van der Waals surface area contributed by atoms with Crippen LogP contribution in [0.15, 0.2) is 0 Å². The molecule has 1 heterocycles. The summed E-state index contributed by atoms with van der Waals surface area (Å²) in [6.07, 6.45) is 4.02. The van der Waals surface area contributed by atoms with E-state index >= 15 is 0 Å². The number of likely N-dealkylation sites (tertiary alicyclic amines) is 1. The molecule has 1 rings (SSSR count). The maximum Gasteiger partial charge on any atom is 0.00728 e. The van der Waals surface area contributed by atoms with Gasteiger partial charge in [0.05, 0.1) is 0 Å². The van der Waals surface area contributed by atoms with Crippen molar-refractivity contribution in [2.24, 2.45) is 5.92 Å². The first-order valence-corrected chi connectivity index (χ1v) is 6.05. The molecular formula is C12H26N2. The van der Waals surface area contributed by atoms with Crippen molar-refractivity contribution in [3.05, 3.63) is 0 Å². The maximum atomic E-state index is 3.22. The highest BCUT2D eigenvalue weighted by molar-refractivity contribution is 4.83. The van der Waals surface area contributed by atoms with Gasteiger partial charge in [-0.2, -0.15) is 0 Å². The zero-order chi connectivity index (χ0) is 10.6. The van der Waals surface area contributed by atoms with Crippen LogP contribution in [0.5, 0.6) is 0 Å². The topological polar surface area (TPSA) is 15.3 Å². The van der Waals surface area contributed by atoms with Crippen LogP contribution in [0.4, 0.5) is 0 Å². The molecule has 0 radical (unpaired) electrons. The van der Waals surface area contributed by atoms with Crippen LogP contribution in [0.25, 0.3) is 0 Å². The molecule has 1 saturated heterocycles. The van der Waals surface area contributed by atoms with E-state index in [-0.39, 0.29) is 0 Å². The fourth-order valence-electron chi connectivity index (χ4n) is 2.69. The molecule has 1 fully saturated rings. The first-order valence-electron chi connectivity index (χ1n) is 6.05. The van der Waals surface area contributed by atoms with Crippen molar-refractivity contribution < 1.29 is 0 Å². The van der Waals surface area contributed by atoms with Crippen LogP contribution < -0.4 is 5.32 Å². The lowest BCUT2D eigenvalue weighted by Gasteiger charge is -2.28. The van der Waals surface area contributed by atoms with E-state index in [1.807, 2.05) is 7.05 Å². The minimum atomic E-state index is 0.767. The molecule has 2 heteroatoms. The van der Waals surface area contributed by atoms with Crippen molar-refractivity contribution in [2.45, 2.75) is 52.1 Å². The smallest absolute Gasteiger partial charge is 0.00728 e. The van der Waals surface area contributed by atoms with Crippen LogP contribution in [0.3, 0.4) is 0 Å². The van der Waals surface area contributed by atoms with Gasteiger partial charge in [0.2, 0.25) is 0 Å². The highest BCUT2D eigenvalue weighted by atomic mass is 15.2. The zero-order valence-electron chi connectivity index (χ0n) is 10.2. The zero-order valence-corrected chi connectivity index (χ0v) is 10.2. The van der Waals surface area contributed by atoms with Crippen LogP contribution in [0, 0.1) is 5.92 Å². The number of nitrogens with zero attached hydrogens (tertiary/aromatic N) is 1. The van der Waals surface area contributed by atoms with Crippen molar-refractivity contribution in [2.75, 3.05) is 20.1 Å². The van der Waals surface area contributed by atoms with E-state index in [1.54, 1.807) is 0 Å². The van der Waals surface area contributed by atoms with Crippen LogP contribution in [0.1, 0.15) is 40.0 Å². The molecular weight excluding hydrogens is 172 g/mol. The Morgan fingerprint density at radius 2 is 2.14 bits per heavy atom. The summed E-state index contributed by atoms with van der Waals surface area (Å²) in [6.45, 7) is 9.59. The molecule has 1 aliphatic heterocycles. The molecule has 0 aromatic carbocycles. The van der Waals surface area contributed by atoms with Gasteiger partial charge in [-0.1, -0.05) is 6.92 Å². The Kier molecular flexibility index (Phi) is 4.90. The Hall–Kier alpha value is -0.0800. The molecule has 0 aliphatic carbocycles. The number of nitrogens with one attached hydrogen (secondary N) is 1. The van der Waals surface area contributed by atoms with Gasteiger partial charge in [-0.25, -0.2) is 0 Å². The summed E-state index contributed by atoms with van der Waals surface area (Å²) in [4.78, 5) is 2.68. The first-order chi connectivity index (χ1) is 6.65. The van der Waals surface area contributed by atoms with Gasteiger partial charge in [-0.05, 0) is 52.6 Å². The standard InChI is InChI=1S/C12H26N2/c1-10-8-12(3)14(9-10)11(2)6-5-7-13-4/h10-13H,5-9H2,1-4H3. The second-order valence-electron chi connectivity index (χ2n) is 4.98. The van der Waals surface area contributed by atoms with Crippen LogP contribution >= 0.6 is 0 Å². The normalized spacial score (nSPS) is 30.9. The summed E-state index contributed by atoms with van der Waals surface area (Å²) in [5.74, 6) is 0.900. The molecule has 3 atom stereocenters. The highest BCUT2D eigenvalue weighted by Crippen LogP contribution is 2.25. The second-order valence-corrected chi connectivity index (χ2v) is 4.98.